The Morgan fingerprint density at radius 1 is 1.24 bits per heavy atom. The first-order valence-electron chi connectivity index (χ1n) is 8.08. The van der Waals surface area contributed by atoms with Gasteiger partial charge < -0.3 is 24.4 Å². The Kier molecular flexibility index (Phi) is 5.11. The van der Waals surface area contributed by atoms with E-state index in [-0.39, 0.29) is 17.6 Å². The zero-order valence-corrected chi connectivity index (χ0v) is 12.6. The average Bonchev–Trinajstić information content (AvgIpc) is 2.70. The molecular weight excluding hydrogens is 272 g/mol. The predicted molar refractivity (Wildman–Crippen MR) is 77.2 cm³/mol. The van der Waals surface area contributed by atoms with Crippen molar-refractivity contribution < 1.29 is 19.0 Å². The van der Waals surface area contributed by atoms with Crippen molar-refractivity contribution in [2.24, 2.45) is 0 Å². The molecule has 0 saturated carbocycles. The molecule has 0 aliphatic carbocycles. The van der Waals surface area contributed by atoms with Crippen LogP contribution in [0.2, 0.25) is 0 Å². The van der Waals surface area contributed by atoms with E-state index in [9.17, 15) is 4.79 Å². The third kappa shape index (κ3) is 4.16. The summed E-state index contributed by atoms with van der Waals surface area (Å²) in [5.41, 5.74) is -0.132. The largest absolute Gasteiger partial charge is 0.376 e. The molecule has 0 aromatic carbocycles. The van der Waals surface area contributed by atoms with Gasteiger partial charge >= 0.3 is 0 Å². The molecule has 21 heavy (non-hydrogen) atoms. The van der Waals surface area contributed by atoms with E-state index in [0.29, 0.717) is 19.6 Å². The fraction of sp³-hybridized carbons (Fsp3) is 0.933. The van der Waals surface area contributed by atoms with Gasteiger partial charge in [-0.3, -0.25) is 4.79 Å². The van der Waals surface area contributed by atoms with Crippen LogP contribution in [0, 0.1) is 0 Å². The molecule has 0 aromatic heterocycles. The number of likely N-dealkylation sites (tertiary alicyclic amines) is 1. The molecule has 3 saturated heterocycles. The van der Waals surface area contributed by atoms with E-state index < -0.39 is 0 Å². The summed E-state index contributed by atoms with van der Waals surface area (Å²) in [6, 6.07) is 0. The van der Waals surface area contributed by atoms with Crippen molar-refractivity contribution in [3.05, 3.63) is 0 Å². The first-order chi connectivity index (χ1) is 10.3. The number of piperidine rings is 1. The van der Waals surface area contributed by atoms with Crippen LogP contribution in [0.5, 0.6) is 0 Å². The van der Waals surface area contributed by atoms with Gasteiger partial charge in [-0.25, -0.2) is 0 Å². The molecule has 0 bridgehead atoms. The molecule has 0 aromatic rings. The molecule has 3 heterocycles. The van der Waals surface area contributed by atoms with Gasteiger partial charge in [0.15, 0.2) is 0 Å². The number of amides is 1. The second-order valence-electron chi connectivity index (χ2n) is 6.26. The van der Waals surface area contributed by atoms with Crippen molar-refractivity contribution in [2.45, 2.75) is 37.4 Å². The molecule has 1 unspecified atom stereocenters. The van der Waals surface area contributed by atoms with E-state index in [4.69, 9.17) is 14.2 Å². The maximum atomic E-state index is 11.4. The van der Waals surface area contributed by atoms with E-state index >= 15 is 0 Å². The second-order valence-corrected chi connectivity index (χ2v) is 6.26. The smallest absolute Gasteiger partial charge is 0.222 e. The average molecular weight is 298 g/mol. The van der Waals surface area contributed by atoms with E-state index in [1.54, 1.807) is 0 Å². The van der Waals surface area contributed by atoms with Gasteiger partial charge in [-0.05, 0) is 19.3 Å². The minimum atomic E-state index is -0.132. The molecular formula is C15H26N2O4. The van der Waals surface area contributed by atoms with Crippen LogP contribution in [-0.4, -0.2) is 75.1 Å². The lowest BCUT2D eigenvalue weighted by Gasteiger charge is -2.41. The number of ether oxygens (including phenoxy) is 3. The Morgan fingerprint density at radius 3 is 2.86 bits per heavy atom. The lowest BCUT2D eigenvalue weighted by atomic mass is 9.91. The number of nitrogens with zero attached hydrogens (tertiary/aromatic N) is 1. The summed E-state index contributed by atoms with van der Waals surface area (Å²) in [7, 11) is 0. The van der Waals surface area contributed by atoms with Gasteiger partial charge in [-0.2, -0.15) is 0 Å². The first-order valence-corrected chi connectivity index (χ1v) is 8.08. The van der Waals surface area contributed by atoms with Gasteiger partial charge in [0.05, 0.1) is 38.1 Å². The molecule has 1 N–H and O–H groups in total. The van der Waals surface area contributed by atoms with E-state index in [1.807, 2.05) is 0 Å². The van der Waals surface area contributed by atoms with E-state index in [1.165, 1.54) is 0 Å². The summed E-state index contributed by atoms with van der Waals surface area (Å²) in [5, 5.41) is 2.98. The van der Waals surface area contributed by atoms with Gasteiger partial charge in [0.2, 0.25) is 5.91 Å². The summed E-state index contributed by atoms with van der Waals surface area (Å²) in [6.45, 7) is 6.52. The van der Waals surface area contributed by atoms with Gasteiger partial charge in [-0.15, -0.1) is 0 Å². The third-order valence-corrected chi connectivity index (χ3v) is 4.76. The number of carbonyl (C=O) groups excluding carboxylic acids is 1. The molecule has 0 radical (unpaired) electrons. The monoisotopic (exact) mass is 298 g/mol. The van der Waals surface area contributed by atoms with Crippen LogP contribution < -0.4 is 5.32 Å². The second kappa shape index (κ2) is 7.05. The highest BCUT2D eigenvalue weighted by Crippen LogP contribution is 2.27. The standard InChI is InChI=1S/C15H26N2O4/c18-14-2-8-21-15(12-16-14)3-6-17(7-4-15)5-1-13-11-19-9-10-20-13/h13H,1-12H2,(H,16,18). The van der Waals surface area contributed by atoms with Gasteiger partial charge in [0, 0.05) is 32.6 Å². The van der Waals surface area contributed by atoms with E-state index in [2.05, 4.69) is 10.2 Å². The molecule has 3 fully saturated rings. The van der Waals surface area contributed by atoms with Crippen molar-refractivity contribution in [1.29, 1.82) is 0 Å². The maximum absolute atomic E-state index is 11.4. The lowest BCUT2D eigenvalue weighted by Crippen LogP contribution is -2.51. The van der Waals surface area contributed by atoms with Crippen LogP contribution in [0.25, 0.3) is 0 Å². The molecule has 1 atom stereocenters. The molecule has 1 amide bonds. The Hall–Kier alpha value is -0.690. The van der Waals surface area contributed by atoms with Crippen LogP contribution >= 0.6 is 0 Å². The van der Waals surface area contributed by atoms with Crippen LogP contribution in [0.3, 0.4) is 0 Å². The third-order valence-electron chi connectivity index (χ3n) is 4.76. The summed E-state index contributed by atoms with van der Waals surface area (Å²) in [6.07, 6.45) is 3.77. The number of carbonyl (C=O) groups is 1. The highest BCUT2D eigenvalue weighted by molar-refractivity contribution is 5.76. The Bertz CT molecular complexity index is 350. The van der Waals surface area contributed by atoms with Crippen LogP contribution in [0.4, 0.5) is 0 Å². The Balaban J connectivity index is 1.41. The fourth-order valence-electron chi connectivity index (χ4n) is 3.29. The Labute approximate surface area is 126 Å². The maximum Gasteiger partial charge on any atom is 0.222 e. The molecule has 120 valence electrons. The van der Waals surface area contributed by atoms with Crippen molar-refractivity contribution in [3.63, 3.8) is 0 Å². The number of hydrogen-bond acceptors (Lipinski definition) is 5. The van der Waals surface area contributed by atoms with Crippen LogP contribution in [-0.2, 0) is 19.0 Å². The minimum Gasteiger partial charge on any atom is -0.376 e. The lowest BCUT2D eigenvalue weighted by molar-refractivity contribution is -0.120. The normalized spacial score (nSPS) is 30.9. The fourth-order valence-corrected chi connectivity index (χ4v) is 3.29. The summed E-state index contributed by atoms with van der Waals surface area (Å²) in [4.78, 5) is 13.9. The zero-order valence-electron chi connectivity index (χ0n) is 12.6. The van der Waals surface area contributed by atoms with Crippen LogP contribution in [0.1, 0.15) is 25.7 Å². The number of nitrogens with one attached hydrogen (secondary N) is 1. The van der Waals surface area contributed by atoms with Crippen LogP contribution in [0.15, 0.2) is 0 Å². The quantitative estimate of drug-likeness (QED) is 0.804. The van der Waals surface area contributed by atoms with Crippen molar-refractivity contribution in [1.82, 2.24) is 10.2 Å². The summed E-state index contributed by atoms with van der Waals surface area (Å²) < 4.78 is 17.1. The first kappa shape index (κ1) is 15.2. The number of rotatable bonds is 3. The molecule has 3 rings (SSSR count). The van der Waals surface area contributed by atoms with E-state index in [0.717, 1.165) is 58.7 Å². The van der Waals surface area contributed by atoms with Crippen molar-refractivity contribution in [2.75, 3.05) is 52.6 Å². The topological polar surface area (TPSA) is 60.0 Å². The molecule has 6 nitrogen and oxygen atoms in total. The summed E-state index contributed by atoms with van der Waals surface area (Å²) in [5.74, 6) is 0.115. The minimum absolute atomic E-state index is 0.115. The van der Waals surface area contributed by atoms with Gasteiger partial charge in [-0.1, -0.05) is 0 Å². The van der Waals surface area contributed by atoms with Gasteiger partial charge in [0.1, 0.15) is 0 Å². The predicted octanol–water partition coefficient (Wildman–Crippen LogP) is 0.163. The molecule has 1 spiro atoms. The molecule has 6 heteroatoms. The summed E-state index contributed by atoms with van der Waals surface area (Å²) >= 11 is 0. The molecule has 3 aliphatic heterocycles. The highest BCUT2D eigenvalue weighted by Gasteiger charge is 2.37. The Morgan fingerprint density at radius 2 is 2.10 bits per heavy atom. The SMILES string of the molecule is O=C1CCOC2(CCN(CCC3COCCO3)CC2)CN1. The van der Waals surface area contributed by atoms with Gasteiger partial charge in [0.25, 0.3) is 0 Å². The number of hydrogen-bond donors (Lipinski definition) is 1. The zero-order chi connectivity index (χ0) is 14.5. The highest BCUT2D eigenvalue weighted by atomic mass is 16.6. The van der Waals surface area contributed by atoms with Crippen molar-refractivity contribution >= 4 is 5.91 Å². The molecule has 3 aliphatic rings. The van der Waals surface area contributed by atoms with Crippen molar-refractivity contribution in [3.8, 4) is 0 Å².